The fourth-order valence-electron chi connectivity index (χ4n) is 3.64. The number of anilines is 1. The van der Waals surface area contributed by atoms with Crippen LogP contribution < -0.4 is 5.32 Å². The molecule has 31 heavy (non-hydrogen) atoms. The fourth-order valence-corrected chi connectivity index (χ4v) is 3.64. The number of benzene rings is 1. The molecule has 0 spiro atoms. The maximum atomic E-state index is 12.8. The van der Waals surface area contributed by atoms with Gasteiger partial charge in [0.1, 0.15) is 0 Å². The highest BCUT2D eigenvalue weighted by Crippen LogP contribution is 2.20. The van der Waals surface area contributed by atoms with Crippen molar-refractivity contribution in [3.8, 4) is 11.3 Å². The summed E-state index contributed by atoms with van der Waals surface area (Å²) in [5.74, 6) is 0.331. The molecule has 8 heteroatoms. The molecule has 1 fully saturated rings. The maximum Gasteiger partial charge on any atom is 0.276 e. The van der Waals surface area contributed by atoms with E-state index in [1.807, 2.05) is 24.3 Å². The SMILES string of the molecule is CCc1ccccc1NC(=O)CN1CCN(C(=O)c2cc(-c3ccncc3)on2)CC1. The predicted octanol–water partition coefficient (Wildman–Crippen LogP) is 2.70. The van der Waals surface area contributed by atoms with Gasteiger partial charge in [-0.3, -0.25) is 19.5 Å². The van der Waals surface area contributed by atoms with Gasteiger partial charge in [0.15, 0.2) is 11.5 Å². The Balaban J connectivity index is 1.29. The summed E-state index contributed by atoms with van der Waals surface area (Å²) in [5.41, 5.74) is 3.08. The van der Waals surface area contributed by atoms with Gasteiger partial charge in [-0.05, 0) is 30.2 Å². The first kappa shape index (κ1) is 20.7. The number of hydrogen-bond acceptors (Lipinski definition) is 6. The Morgan fingerprint density at radius 1 is 1.06 bits per heavy atom. The smallest absolute Gasteiger partial charge is 0.276 e. The Labute approximate surface area is 180 Å². The summed E-state index contributed by atoms with van der Waals surface area (Å²) in [6.07, 6.45) is 4.19. The number of amides is 2. The van der Waals surface area contributed by atoms with Crippen molar-refractivity contribution in [2.75, 3.05) is 38.0 Å². The Morgan fingerprint density at radius 2 is 1.81 bits per heavy atom. The summed E-state index contributed by atoms with van der Waals surface area (Å²) in [6, 6.07) is 13.1. The van der Waals surface area contributed by atoms with Crippen molar-refractivity contribution in [1.82, 2.24) is 19.9 Å². The van der Waals surface area contributed by atoms with Crippen molar-refractivity contribution in [3.63, 3.8) is 0 Å². The largest absolute Gasteiger partial charge is 0.355 e. The summed E-state index contributed by atoms with van der Waals surface area (Å²) in [7, 11) is 0. The number of hydrogen-bond donors (Lipinski definition) is 1. The first-order valence-electron chi connectivity index (χ1n) is 10.4. The minimum absolute atomic E-state index is 0.0424. The molecule has 2 amide bonds. The molecule has 1 aliphatic heterocycles. The zero-order valence-electron chi connectivity index (χ0n) is 17.5. The van der Waals surface area contributed by atoms with Gasteiger partial charge in [-0.25, -0.2) is 0 Å². The van der Waals surface area contributed by atoms with Gasteiger partial charge < -0.3 is 14.7 Å². The molecule has 1 N–H and O–H groups in total. The molecular weight excluding hydrogens is 394 g/mol. The van der Waals surface area contributed by atoms with Crippen LogP contribution in [0.25, 0.3) is 11.3 Å². The summed E-state index contributed by atoms with van der Waals surface area (Å²) >= 11 is 0. The molecular formula is C23H25N5O3. The summed E-state index contributed by atoms with van der Waals surface area (Å²) in [5, 5.41) is 6.93. The highest BCUT2D eigenvalue weighted by molar-refractivity contribution is 5.94. The topological polar surface area (TPSA) is 91.6 Å². The molecule has 0 atom stereocenters. The van der Waals surface area contributed by atoms with Gasteiger partial charge >= 0.3 is 0 Å². The highest BCUT2D eigenvalue weighted by atomic mass is 16.5. The van der Waals surface area contributed by atoms with Gasteiger partial charge in [0, 0.05) is 55.9 Å². The van der Waals surface area contributed by atoms with Gasteiger partial charge in [-0.1, -0.05) is 30.3 Å². The molecule has 0 radical (unpaired) electrons. The number of nitrogens with one attached hydrogen (secondary N) is 1. The van der Waals surface area contributed by atoms with Crippen LogP contribution in [0.1, 0.15) is 23.0 Å². The molecule has 160 valence electrons. The molecule has 2 aromatic heterocycles. The van der Waals surface area contributed by atoms with E-state index in [4.69, 9.17) is 4.52 Å². The van der Waals surface area contributed by atoms with Crippen LogP contribution in [0.4, 0.5) is 5.69 Å². The lowest BCUT2D eigenvalue weighted by Crippen LogP contribution is -2.50. The fraction of sp³-hybridized carbons (Fsp3) is 0.304. The van der Waals surface area contributed by atoms with Gasteiger partial charge in [0.25, 0.3) is 5.91 Å². The molecule has 1 aromatic carbocycles. The molecule has 0 saturated carbocycles. The van der Waals surface area contributed by atoms with E-state index in [-0.39, 0.29) is 17.5 Å². The Bertz CT molecular complexity index is 1040. The number of carbonyl (C=O) groups excluding carboxylic acids is 2. The number of pyridine rings is 1. The van der Waals surface area contributed by atoms with Crippen LogP contribution in [0.15, 0.2) is 59.4 Å². The minimum atomic E-state index is -0.162. The molecule has 3 heterocycles. The second-order valence-corrected chi connectivity index (χ2v) is 7.44. The Hall–Kier alpha value is -3.52. The molecule has 3 aromatic rings. The predicted molar refractivity (Wildman–Crippen MR) is 117 cm³/mol. The van der Waals surface area contributed by atoms with Crippen LogP contribution >= 0.6 is 0 Å². The molecule has 1 saturated heterocycles. The van der Waals surface area contributed by atoms with Crippen molar-refractivity contribution in [2.45, 2.75) is 13.3 Å². The monoisotopic (exact) mass is 419 g/mol. The lowest BCUT2D eigenvalue weighted by Gasteiger charge is -2.33. The van der Waals surface area contributed by atoms with Gasteiger partial charge in [-0.15, -0.1) is 0 Å². The number of rotatable bonds is 6. The van der Waals surface area contributed by atoms with E-state index in [1.165, 1.54) is 0 Å². The first-order valence-corrected chi connectivity index (χ1v) is 10.4. The van der Waals surface area contributed by atoms with Crippen LogP contribution in [-0.2, 0) is 11.2 Å². The van der Waals surface area contributed by atoms with Crippen molar-refractivity contribution in [2.24, 2.45) is 0 Å². The molecule has 1 aliphatic rings. The summed E-state index contributed by atoms with van der Waals surface area (Å²) < 4.78 is 5.32. The highest BCUT2D eigenvalue weighted by Gasteiger charge is 2.25. The maximum absolute atomic E-state index is 12.8. The summed E-state index contributed by atoms with van der Waals surface area (Å²) in [4.78, 5) is 33.0. The number of nitrogens with zero attached hydrogens (tertiary/aromatic N) is 4. The molecule has 4 rings (SSSR count). The molecule has 0 aliphatic carbocycles. The lowest BCUT2D eigenvalue weighted by molar-refractivity contribution is -0.117. The number of para-hydroxylation sites is 1. The number of carbonyl (C=O) groups is 2. The van der Waals surface area contributed by atoms with Gasteiger partial charge in [0.2, 0.25) is 5.91 Å². The standard InChI is InChI=1S/C23H25N5O3/c1-2-17-5-3-4-6-19(17)25-22(29)16-27-11-13-28(14-12-27)23(30)20-15-21(31-26-20)18-7-9-24-10-8-18/h3-10,15H,2,11-14,16H2,1H3,(H,25,29). The second kappa shape index (κ2) is 9.53. The third-order valence-electron chi connectivity index (χ3n) is 5.39. The van der Waals surface area contributed by atoms with E-state index in [0.29, 0.717) is 38.5 Å². The Morgan fingerprint density at radius 3 is 2.55 bits per heavy atom. The number of aryl methyl sites for hydroxylation is 1. The van der Waals surface area contributed by atoms with Gasteiger partial charge in [0.05, 0.1) is 6.54 Å². The van der Waals surface area contributed by atoms with Crippen molar-refractivity contribution < 1.29 is 14.1 Å². The zero-order valence-corrected chi connectivity index (χ0v) is 17.5. The van der Waals surface area contributed by atoms with Gasteiger partial charge in [-0.2, -0.15) is 0 Å². The Kier molecular flexibility index (Phi) is 6.37. The van der Waals surface area contributed by atoms with E-state index in [9.17, 15) is 9.59 Å². The average Bonchev–Trinajstić information content (AvgIpc) is 3.30. The zero-order chi connectivity index (χ0) is 21.6. The lowest BCUT2D eigenvalue weighted by atomic mass is 10.1. The number of piperazine rings is 1. The minimum Gasteiger partial charge on any atom is -0.355 e. The van der Waals surface area contributed by atoms with E-state index < -0.39 is 0 Å². The van der Waals surface area contributed by atoms with E-state index in [1.54, 1.807) is 35.5 Å². The third-order valence-corrected chi connectivity index (χ3v) is 5.39. The van der Waals surface area contributed by atoms with Crippen molar-refractivity contribution in [3.05, 3.63) is 66.1 Å². The number of aromatic nitrogens is 2. The molecule has 0 bridgehead atoms. The van der Waals surface area contributed by atoms with Crippen molar-refractivity contribution in [1.29, 1.82) is 0 Å². The quantitative estimate of drug-likeness (QED) is 0.661. The third kappa shape index (κ3) is 4.97. The second-order valence-electron chi connectivity index (χ2n) is 7.44. The van der Waals surface area contributed by atoms with Crippen LogP contribution in [0, 0.1) is 0 Å². The molecule has 8 nitrogen and oxygen atoms in total. The van der Waals surface area contributed by atoms with Crippen LogP contribution in [0.5, 0.6) is 0 Å². The van der Waals surface area contributed by atoms with Crippen molar-refractivity contribution >= 4 is 17.5 Å². The van der Waals surface area contributed by atoms with Crippen LogP contribution in [0.2, 0.25) is 0 Å². The van der Waals surface area contributed by atoms with E-state index in [2.05, 4.69) is 27.3 Å². The molecule has 0 unspecified atom stereocenters. The normalized spacial score (nSPS) is 14.4. The van der Waals surface area contributed by atoms with Crippen LogP contribution in [0.3, 0.4) is 0 Å². The average molecular weight is 419 g/mol. The summed E-state index contributed by atoms with van der Waals surface area (Å²) in [6.45, 7) is 4.70. The van der Waals surface area contributed by atoms with E-state index >= 15 is 0 Å². The van der Waals surface area contributed by atoms with Crippen LogP contribution in [-0.4, -0.2) is 64.5 Å². The first-order chi connectivity index (χ1) is 15.1. The van der Waals surface area contributed by atoms with E-state index in [0.717, 1.165) is 23.2 Å².